The maximum atomic E-state index is 10.6. The molecule has 1 rings (SSSR count). The molecule has 0 bridgehead atoms. The molecule has 0 radical (unpaired) electrons. The van der Waals surface area contributed by atoms with E-state index in [4.69, 9.17) is 23.2 Å². The molecule has 0 N–H and O–H groups in total. The molecule has 4 nitrogen and oxygen atoms in total. The van der Waals surface area contributed by atoms with Gasteiger partial charge in [0.15, 0.2) is 5.17 Å². The van der Waals surface area contributed by atoms with E-state index >= 15 is 0 Å². The fourth-order valence-corrected chi connectivity index (χ4v) is 1.28. The second-order valence-corrected chi connectivity index (χ2v) is 5.02. The highest BCUT2D eigenvalue weighted by molar-refractivity contribution is 7.85. The van der Waals surface area contributed by atoms with Crippen molar-refractivity contribution in [3.63, 3.8) is 0 Å². The van der Waals surface area contributed by atoms with E-state index in [-0.39, 0.29) is 5.17 Å². The molecule has 0 fully saturated rings. The molecule has 0 spiro atoms. The molecule has 0 aliphatic carbocycles. The summed E-state index contributed by atoms with van der Waals surface area (Å²) in [6, 6.07) is 6.41. The molecule has 0 aliphatic rings. The maximum absolute atomic E-state index is 10.6. The molecule has 0 saturated heterocycles. The number of hydrogen-bond acceptors (Lipinski definition) is 4. The minimum absolute atomic E-state index is 0.0582. The van der Waals surface area contributed by atoms with Crippen LogP contribution < -0.4 is 0 Å². The van der Waals surface area contributed by atoms with Crippen LogP contribution in [0.25, 0.3) is 0 Å². The number of halogens is 2. The van der Waals surface area contributed by atoms with E-state index in [0.29, 0.717) is 10.6 Å². The Balaban J connectivity index is 2.85. The molecule has 0 atom stereocenters. The smallest absolute Gasteiger partial charge is 0.267 e. The molecule has 0 heterocycles. The Morgan fingerprint density at radius 2 is 1.87 bits per heavy atom. The maximum Gasteiger partial charge on any atom is 0.325 e. The first-order chi connectivity index (χ1) is 6.88. The van der Waals surface area contributed by atoms with Gasteiger partial charge in [0.05, 0.1) is 6.26 Å². The molecular formula is C8H7Cl2NO3S. The summed E-state index contributed by atoms with van der Waals surface area (Å²) in [5.41, 5.74) is 0.518. The molecule has 82 valence electrons. The summed E-state index contributed by atoms with van der Waals surface area (Å²) in [5, 5.41) is 3.74. The summed E-state index contributed by atoms with van der Waals surface area (Å²) < 4.78 is 25.4. The van der Waals surface area contributed by atoms with E-state index in [1.807, 2.05) is 0 Å². The van der Waals surface area contributed by atoms with Gasteiger partial charge in [-0.2, -0.15) is 8.42 Å². The first kappa shape index (κ1) is 12.3. The SMILES string of the molecule is CS(=O)(=O)ON=C(Cl)c1ccc(Cl)cc1. The molecular weight excluding hydrogens is 261 g/mol. The average molecular weight is 268 g/mol. The lowest BCUT2D eigenvalue weighted by Crippen LogP contribution is -2.00. The highest BCUT2D eigenvalue weighted by atomic mass is 35.5. The predicted molar refractivity (Wildman–Crippen MR) is 59.8 cm³/mol. The van der Waals surface area contributed by atoms with Crippen molar-refractivity contribution in [2.75, 3.05) is 6.26 Å². The van der Waals surface area contributed by atoms with Gasteiger partial charge >= 0.3 is 10.1 Å². The Morgan fingerprint density at radius 1 is 1.33 bits per heavy atom. The first-order valence-corrected chi connectivity index (χ1v) is 6.34. The molecule has 1 aromatic carbocycles. The summed E-state index contributed by atoms with van der Waals surface area (Å²) in [6.45, 7) is 0. The number of rotatable bonds is 3. The number of benzene rings is 1. The summed E-state index contributed by atoms with van der Waals surface area (Å²) >= 11 is 11.3. The van der Waals surface area contributed by atoms with Crippen molar-refractivity contribution in [3.05, 3.63) is 34.9 Å². The van der Waals surface area contributed by atoms with Crippen LogP contribution in [0, 0.1) is 0 Å². The fourth-order valence-electron chi connectivity index (χ4n) is 0.741. The average Bonchev–Trinajstić information content (AvgIpc) is 2.14. The van der Waals surface area contributed by atoms with Crippen molar-refractivity contribution >= 4 is 38.5 Å². The van der Waals surface area contributed by atoms with Crippen molar-refractivity contribution < 1.29 is 12.7 Å². The van der Waals surface area contributed by atoms with Gasteiger partial charge in [0, 0.05) is 10.6 Å². The molecule has 1 aromatic rings. The van der Waals surface area contributed by atoms with Gasteiger partial charge in [0.2, 0.25) is 0 Å². The molecule has 0 saturated carbocycles. The van der Waals surface area contributed by atoms with Gasteiger partial charge < -0.3 is 0 Å². The Bertz CT molecular complexity index is 467. The monoisotopic (exact) mass is 267 g/mol. The molecule has 7 heteroatoms. The van der Waals surface area contributed by atoms with E-state index in [1.54, 1.807) is 24.3 Å². The lowest BCUT2D eigenvalue weighted by atomic mass is 10.2. The van der Waals surface area contributed by atoms with Crippen molar-refractivity contribution in [1.29, 1.82) is 0 Å². The number of hydrogen-bond donors (Lipinski definition) is 0. The van der Waals surface area contributed by atoms with Crippen LogP contribution in [0.5, 0.6) is 0 Å². The summed E-state index contributed by atoms with van der Waals surface area (Å²) in [7, 11) is -3.63. The van der Waals surface area contributed by atoms with Gasteiger partial charge in [-0.25, -0.2) is 0 Å². The Morgan fingerprint density at radius 3 is 2.33 bits per heavy atom. The third kappa shape index (κ3) is 4.51. The zero-order chi connectivity index (χ0) is 11.5. The zero-order valence-corrected chi connectivity index (χ0v) is 9.97. The lowest BCUT2D eigenvalue weighted by Gasteiger charge is -1.98. The molecule has 15 heavy (non-hydrogen) atoms. The summed E-state index contributed by atoms with van der Waals surface area (Å²) in [6.07, 6.45) is 0.878. The molecule has 0 aliphatic heterocycles. The lowest BCUT2D eigenvalue weighted by molar-refractivity contribution is 0.344. The van der Waals surface area contributed by atoms with Crippen molar-refractivity contribution in [2.45, 2.75) is 0 Å². The van der Waals surface area contributed by atoms with E-state index in [1.165, 1.54) is 0 Å². The third-order valence-corrected chi connectivity index (χ3v) is 2.22. The highest BCUT2D eigenvalue weighted by Crippen LogP contribution is 2.12. The Labute approximate surface area is 97.6 Å². The standard InChI is InChI=1S/C8H7Cl2NO3S/c1-15(12,13)14-11-8(10)6-2-4-7(9)5-3-6/h2-5H,1H3. The minimum Gasteiger partial charge on any atom is -0.267 e. The zero-order valence-electron chi connectivity index (χ0n) is 7.65. The van der Waals surface area contributed by atoms with Gasteiger partial charge in [-0.3, -0.25) is 4.28 Å². The van der Waals surface area contributed by atoms with Crippen LogP contribution in [0.3, 0.4) is 0 Å². The van der Waals surface area contributed by atoms with Crippen LogP contribution in [-0.4, -0.2) is 19.8 Å². The fraction of sp³-hybridized carbons (Fsp3) is 0.125. The van der Waals surface area contributed by atoms with Crippen molar-refractivity contribution in [3.8, 4) is 0 Å². The van der Waals surface area contributed by atoms with Crippen LogP contribution in [0.4, 0.5) is 0 Å². The van der Waals surface area contributed by atoms with Gasteiger partial charge in [0.25, 0.3) is 0 Å². The molecule has 0 aromatic heterocycles. The van der Waals surface area contributed by atoms with Crippen LogP contribution in [-0.2, 0) is 14.4 Å². The van der Waals surface area contributed by atoms with Crippen LogP contribution in [0.2, 0.25) is 5.02 Å². The van der Waals surface area contributed by atoms with Crippen LogP contribution >= 0.6 is 23.2 Å². The van der Waals surface area contributed by atoms with Crippen molar-refractivity contribution in [1.82, 2.24) is 0 Å². The third-order valence-electron chi connectivity index (χ3n) is 1.34. The quantitative estimate of drug-likeness (QED) is 0.623. The summed E-state index contributed by atoms with van der Waals surface area (Å²) in [4.78, 5) is 0. The molecule has 0 unspecified atom stereocenters. The Kier molecular flexibility index (Phi) is 3.96. The van der Waals surface area contributed by atoms with Gasteiger partial charge in [-0.1, -0.05) is 40.5 Å². The number of oxime groups is 1. The largest absolute Gasteiger partial charge is 0.325 e. The van der Waals surface area contributed by atoms with E-state index in [0.717, 1.165) is 6.26 Å². The number of nitrogens with zero attached hydrogens (tertiary/aromatic N) is 1. The predicted octanol–water partition coefficient (Wildman–Crippen LogP) is 2.22. The Hall–Kier alpha value is -0.780. The van der Waals surface area contributed by atoms with Gasteiger partial charge in [0.1, 0.15) is 0 Å². The normalized spacial score (nSPS) is 12.6. The van der Waals surface area contributed by atoms with E-state index in [2.05, 4.69) is 9.44 Å². The van der Waals surface area contributed by atoms with Crippen LogP contribution in [0.15, 0.2) is 29.4 Å². The topological polar surface area (TPSA) is 55.7 Å². The second kappa shape index (κ2) is 4.83. The van der Waals surface area contributed by atoms with E-state index < -0.39 is 10.1 Å². The van der Waals surface area contributed by atoms with Crippen LogP contribution in [0.1, 0.15) is 5.56 Å². The highest BCUT2D eigenvalue weighted by Gasteiger charge is 2.04. The minimum atomic E-state index is -3.63. The summed E-state index contributed by atoms with van der Waals surface area (Å²) in [5.74, 6) is 0. The van der Waals surface area contributed by atoms with Crippen molar-refractivity contribution in [2.24, 2.45) is 5.16 Å². The first-order valence-electron chi connectivity index (χ1n) is 3.76. The van der Waals surface area contributed by atoms with E-state index in [9.17, 15) is 8.42 Å². The molecule has 0 amide bonds. The second-order valence-electron chi connectivity index (χ2n) is 2.67. The van der Waals surface area contributed by atoms with Gasteiger partial charge in [-0.15, -0.1) is 0 Å². The van der Waals surface area contributed by atoms with Gasteiger partial charge in [-0.05, 0) is 12.1 Å².